The quantitative estimate of drug-likeness (QED) is 0.588. The van der Waals surface area contributed by atoms with Crippen LogP contribution in [-0.2, 0) is 0 Å². The van der Waals surface area contributed by atoms with E-state index in [1.54, 1.807) is 0 Å². The third kappa shape index (κ3) is 1.08. The highest BCUT2D eigenvalue weighted by atomic mass is 16.3. The van der Waals surface area contributed by atoms with Crippen LogP contribution in [0.3, 0.4) is 0 Å². The van der Waals surface area contributed by atoms with Crippen LogP contribution >= 0.6 is 0 Å². The van der Waals surface area contributed by atoms with E-state index >= 15 is 0 Å². The van der Waals surface area contributed by atoms with Gasteiger partial charge in [0.1, 0.15) is 0 Å². The molecule has 3 saturated carbocycles. The minimum atomic E-state index is 0.0283. The molecule has 0 spiro atoms. The van der Waals surface area contributed by atoms with Crippen molar-refractivity contribution in [1.82, 2.24) is 0 Å². The number of fused-ring (bicyclic) bond motifs is 5. The molecule has 0 amide bonds. The van der Waals surface area contributed by atoms with Crippen molar-refractivity contribution >= 4 is 0 Å². The molecule has 2 heteroatoms. The Morgan fingerprint density at radius 3 is 2.62 bits per heavy atom. The molecule has 3 aliphatic rings. The van der Waals surface area contributed by atoms with Crippen molar-refractivity contribution in [3.8, 4) is 0 Å². The molecule has 0 saturated heterocycles. The number of nitrogens with two attached hydrogens (primary N) is 1. The summed E-state index contributed by atoms with van der Waals surface area (Å²) in [5.74, 6) is 3.16. The highest BCUT2D eigenvalue weighted by Crippen LogP contribution is 2.57. The van der Waals surface area contributed by atoms with Crippen molar-refractivity contribution in [3.05, 3.63) is 0 Å². The normalized spacial score (nSPS) is 59.5. The lowest BCUT2D eigenvalue weighted by molar-refractivity contribution is 0.0306. The van der Waals surface area contributed by atoms with Gasteiger partial charge in [-0.05, 0) is 55.8 Å². The van der Waals surface area contributed by atoms with Crippen molar-refractivity contribution in [2.75, 3.05) is 0 Å². The van der Waals surface area contributed by atoms with E-state index in [0.29, 0.717) is 12.0 Å². The van der Waals surface area contributed by atoms with Gasteiger partial charge in [-0.15, -0.1) is 0 Å². The van der Waals surface area contributed by atoms with Crippen LogP contribution in [0.15, 0.2) is 0 Å². The monoisotopic (exact) mass is 181 g/mol. The predicted octanol–water partition coefficient (Wildman–Crippen LogP) is 1.13. The molecule has 13 heavy (non-hydrogen) atoms. The van der Waals surface area contributed by atoms with Gasteiger partial charge < -0.3 is 10.8 Å². The SMILES string of the molecule is NC1CCC2C3CC(CC3O)C2C1. The molecule has 0 aromatic rings. The van der Waals surface area contributed by atoms with E-state index in [9.17, 15) is 5.11 Å². The van der Waals surface area contributed by atoms with Gasteiger partial charge in [0.05, 0.1) is 6.10 Å². The largest absolute Gasteiger partial charge is 0.393 e. The van der Waals surface area contributed by atoms with E-state index in [4.69, 9.17) is 5.73 Å². The fourth-order valence-electron chi connectivity index (χ4n) is 4.23. The third-order valence-corrected chi connectivity index (χ3v) is 4.76. The zero-order chi connectivity index (χ0) is 9.00. The summed E-state index contributed by atoms with van der Waals surface area (Å²) in [7, 11) is 0. The van der Waals surface area contributed by atoms with Gasteiger partial charge in [0.2, 0.25) is 0 Å². The van der Waals surface area contributed by atoms with Gasteiger partial charge in [-0.1, -0.05) is 0 Å². The first-order chi connectivity index (χ1) is 6.25. The van der Waals surface area contributed by atoms with Gasteiger partial charge in [-0.3, -0.25) is 0 Å². The molecule has 0 aromatic carbocycles. The molecule has 0 aromatic heterocycles. The Bertz CT molecular complexity index is 218. The number of hydrogen-bond acceptors (Lipinski definition) is 2. The molecule has 6 atom stereocenters. The smallest absolute Gasteiger partial charge is 0.0574 e. The van der Waals surface area contributed by atoms with Crippen molar-refractivity contribution in [1.29, 1.82) is 0 Å². The fraction of sp³-hybridized carbons (Fsp3) is 1.00. The molecule has 3 N–H and O–H groups in total. The van der Waals surface area contributed by atoms with Gasteiger partial charge >= 0.3 is 0 Å². The molecule has 2 bridgehead atoms. The zero-order valence-electron chi connectivity index (χ0n) is 8.02. The molecular formula is C11H19NO. The summed E-state index contributed by atoms with van der Waals surface area (Å²) in [6, 6.07) is 0.456. The van der Waals surface area contributed by atoms with Crippen LogP contribution in [0.2, 0.25) is 0 Å². The summed E-state index contributed by atoms with van der Waals surface area (Å²) in [4.78, 5) is 0. The second-order valence-electron chi connectivity index (χ2n) is 5.36. The Morgan fingerprint density at radius 1 is 0.923 bits per heavy atom. The number of aliphatic hydroxyl groups excluding tert-OH is 1. The average Bonchev–Trinajstić information content (AvgIpc) is 2.61. The summed E-state index contributed by atoms with van der Waals surface area (Å²) in [6.45, 7) is 0. The summed E-state index contributed by atoms with van der Waals surface area (Å²) in [6.07, 6.45) is 6.10. The third-order valence-electron chi connectivity index (χ3n) is 4.76. The van der Waals surface area contributed by atoms with Crippen LogP contribution in [-0.4, -0.2) is 17.3 Å². The van der Waals surface area contributed by atoms with Crippen LogP contribution < -0.4 is 5.73 Å². The Labute approximate surface area is 79.5 Å². The lowest BCUT2D eigenvalue weighted by Gasteiger charge is -2.39. The first-order valence-electron chi connectivity index (χ1n) is 5.69. The van der Waals surface area contributed by atoms with Gasteiger partial charge in [0, 0.05) is 6.04 Å². The summed E-state index contributed by atoms with van der Waals surface area (Å²) < 4.78 is 0. The first kappa shape index (κ1) is 8.25. The van der Waals surface area contributed by atoms with Gasteiger partial charge in [0.15, 0.2) is 0 Å². The molecule has 0 radical (unpaired) electrons. The van der Waals surface area contributed by atoms with Gasteiger partial charge in [0.25, 0.3) is 0 Å². The predicted molar refractivity (Wildman–Crippen MR) is 51.0 cm³/mol. The summed E-state index contributed by atoms with van der Waals surface area (Å²) >= 11 is 0. The van der Waals surface area contributed by atoms with E-state index in [0.717, 1.165) is 24.2 Å². The van der Waals surface area contributed by atoms with Crippen LogP contribution in [0, 0.1) is 23.7 Å². The van der Waals surface area contributed by atoms with Crippen LogP contribution in [0.4, 0.5) is 0 Å². The fourth-order valence-corrected chi connectivity index (χ4v) is 4.23. The Balaban J connectivity index is 1.81. The van der Waals surface area contributed by atoms with Gasteiger partial charge in [-0.25, -0.2) is 0 Å². The Morgan fingerprint density at radius 2 is 1.77 bits per heavy atom. The number of rotatable bonds is 0. The Kier molecular flexibility index (Phi) is 1.72. The van der Waals surface area contributed by atoms with E-state index in [-0.39, 0.29) is 6.10 Å². The highest BCUT2D eigenvalue weighted by molar-refractivity contribution is 5.03. The maximum absolute atomic E-state index is 9.79. The van der Waals surface area contributed by atoms with Gasteiger partial charge in [-0.2, -0.15) is 0 Å². The molecule has 0 heterocycles. The standard InChI is InChI=1S/C11H19NO/c12-7-1-2-8-9(5-7)6-3-10(8)11(13)4-6/h6-11,13H,1-5,12H2. The van der Waals surface area contributed by atoms with E-state index in [1.807, 2.05) is 0 Å². The molecule has 3 fully saturated rings. The minimum Gasteiger partial charge on any atom is -0.393 e. The van der Waals surface area contributed by atoms with E-state index in [2.05, 4.69) is 0 Å². The summed E-state index contributed by atoms with van der Waals surface area (Å²) in [5, 5.41) is 9.79. The molecule has 0 aliphatic heterocycles. The zero-order valence-corrected chi connectivity index (χ0v) is 8.02. The second kappa shape index (κ2) is 2.71. The molecule has 3 rings (SSSR count). The Hall–Kier alpha value is -0.0800. The maximum Gasteiger partial charge on any atom is 0.0574 e. The lowest BCUT2D eigenvalue weighted by Crippen LogP contribution is -2.39. The molecule has 3 aliphatic carbocycles. The van der Waals surface area contributed by atoms with Crippen molar-refractivity contribution in [3.63, 3.8) is 0 Å². The van der Waals surface area contributed by atoms with Crippen molar-refractivity contribution < 1.29 is 5.11 Å². The first-order valence-corrected chi connectivity index (χ1v) is 5.69. The maximum atomic E-state index is 9.79. The average molecular weight is 181 g/mol. The molecule has 2 nitrogen and oxygen atoms in total. The second-order valence-corrected chi connectivity index (χ2v) is 5.36. The van der Waals surface area contributed by atoms with Crippen molar-refractivity contribution in [2.24, 2.45) is 29.4 Å². The highest BCUT2D eigenvalue weighted by Gasteiger charge is 2.53. The van der Waals surface area contributed by atoms with Crippen molar-refractivity contribution in [2.45, 2.75) is 44.2 Å². The molecular weight excluding hydrogens is 162 g/mol. The molecule has 74 valence electrons. The lowest BCUT2D eigenvalue weighted by atomic mass is 9.69. The van der Waals surface area contributed by atoms with Crippen LogP contribution in [0.5, 0.6) is 0 Å². The topological polar surface area (TPSA) is 46.2 Å². The minimum absolute atomic E-state index is 0.0283. The van der Waals surface area contributed by atoms with E-state index < -0.39 is 0 Å². The van der Waals surface area contributed by atoms with Crippen LogP contribution in [0.1, 0.15) is 32.1 Å². The summed E-state index contributed by atoms with van der Waals surface area (Å²) in [5.41, 5.74) is 5.99. The number of aliphatic hydroxyl groups is 1. The number of hydrogen-bond donors (Lipinski definition) is 2. The van der Waals surface area contributed by atoms with Crippen LogP contribution in [0.25, 0.3) is 0 Å². The van der Waals surface area contributed by atoms with E-state index in [1.165, 1.54) is 25.7 Å². The molecule has 6 unspecified atom stereocenters.